The molecule has 23 heavy (non-hydrogen) atoms. The molecule has 0 aromatic heterocycles. The van der Waals surface area contributed by atoms with Crippen molar-refractivity contribution in [1.82, 2.24) is 0 Å². The van der Waals surface area contributed by atoms with Gasteiger partial charge in [0.15, 0.2) is 0 Å². The van der Waals surface area contributed by atoms with Crippen molar-refractivity contribution < 1.29 is 4.74 Å². The third-order valence-corrected chi connectivity index (χ3v) is 3.28. The maximum Gasteiger partial charge on any atom is 0.269 e. The number of allylic oxidation sites excluding steroid dienone is 6. The molecule has 0 bridgehead atoms. The highest BCUT2D eigenvalue weighted by Crippen LogP contribution is 2.23. The first kappa shape index (κ1) is 16.1. The van der Waals surface area contributed by atoms with Crippen molar-refractivity contribution in [3.05, 3.63) is 82.3 Å². The van der Waals surface area contributed by atoms with Crippen LogP contribution >= 0.6 is 0 Å². The molecule has 0 atom stereocenters. The van der Waals surface area contributed by atoms with Gasteiger partial charge in [-0.15, -0.1) is 0 Å². The van der Waals surface area contributed by atoms with Crippen molar-refractivity contribution >= 4 is 11.8 Å². The van der Waals surface area contributed by atoms with Crippen LogP contribution in [0.3, 0.4) is 0 Å². The highest BCUT2D eigenvalue weighted by Gasteiger charge is 2.10. The van der Waals surface area contributed by atoms with Crippen LogP contribution in [0.15, 0.2) is 65.3 Å². The van der Waals surface area contributed by atoms with Gasteiger partial charge in [0, 0.05) is 19.8 Å². The lowest BCUT2D eigenvalue weighted by Crippen LogP contribution is -2.07. The summed E-state index contributed by atoms with van der Waals surface area (Å²) in [5, 5.41) is 8.99. The largest absolute Gasteiger partial charge is 0.462 e. The van der Waals surface area contributed by atoms with E-state index in [1.165, 1.54) is 0 Å². The lowest BCUT2D eigenvalue weighted by molar-refractivity contribution is 0.318. The van der Waals surface area contributed by atoms with Gasteiger partial charge in [0.25, 0.3) is 5.70 Å². The molecule has 1 aliphatic rings. The molecule has 0 unspecified atom stereocenters. The first-order valence-electron chi connectivity index (χ1n) is 7.08. The Labute approximate surface area is 136 Å². The molecule has 1 aromatic carbocycles. The molecule has 1 aromatic rings. The second-order valence-corrected chi connectivity index (χ2v) is 5.25. The van der Waals surface area contributed by atoms with E-state index in [4.69, 9.17) is 16.6 Å². The van der Waals surface area contributed by atoms with E-state index >= 15 is 0 Å². The first-order valence-corrected chi connectivity index (χ1v) is 7.08. The molecule has 114 valence electrons. The molecule has 1 aliphatic heterocycles. The van der Waals surface area contributed by atoms with Crippen LogP contribution in [0.1, 0.15) is 12.5 Å². The number of nitrogens with zero attached hydrogens (tertiary/aromatic N) is 3. The van der Waals surface area contributed by atoms with Crippen molar-refractivity contribution in [3.8, 4) is 6.07 Å². The molecule has 0 fully saturated rings. The first-order chi connectivity index (χ1) is 11.0. The molecule has 0 spiro atoms. The second-order valence-electron chi connectivity index (χ2n) is 5.25. The van der Waals surface area contributed by atoms with Crippen LogP contribution in [-0.4, -0.2) is 14.1 Å². The normalized spacial score (nSPS) is 15.9. The number of rotatable bonds is 3. The Balaban J connectivity index is 2.24. The van der Waals surface area contributed by atoms with Gasteiger partial charge in [-0.3, -0.25) is 0 Å². The summed E-state index contributed by atoms with van der Waals surface area (Å²) in [6.07, 6.45) is 7.17. The molecule has 2 rings (SSSR count). The van der Waals surface area contributed by atoms with Crippen molar-refractivity contribution in [3.63, 3.8) is 0 Å². The monoisotopic (exact) mass is 303 g/mol. The van der Waals surface area contributed by atoms with Gasteiger partial charge in [-0.25, -0.2) is 10.1 Å². The van der Waals surface area contributed by atoms with Crippen molar-refractivity contribution in [1.29, 1.82) is 5.26 Å². The minimum Gasteiger partial charge on any atom is -0.462 e. The van der Waals surface area contributed by atoms with Crippen molar-refractivity contribution in [2.24, 2.45) is 0 Å². The summed E-state index contributed by atoms with van der Waals surface area (Å²) >= 11 is 0. The molecule has 0 radical (unpaired) electrons. The third-order valence-electron chi connectivity index (χ3n) is 3.28. The Morgan fingerprint density at radius 1 is 1.22 bits per heavy atom. The zero-order valence-corrected chi connectivity index (χ0v) is 13.4. The Hall–Kier alpha value is -3.24. The molecule has 1 heterocycles. The Morgan fingerprint density at radius 3 is 2.48 bits per heavy atom. The van der Waals surface area contributed by atoms with Crippen molar-refractivity contribution in [2.45, 2.75) is 6.92 Å². The maximum absolute atomic E-state index is 8.99. The van der Waals surface area contributed by atoms with Gasteiger partial charge in [0.05, 0.1) is 12.6 Å². The summed E-state index contributed by atoms with van der Waals surface area (Å²) in [5.41, 5.74) is 2.82. The molecule has 0 N–H and O–H groups in total. The third kappa shape index (κ3) is 4.12. The zero-order valence-electron chi connectivity index (χ0n) is 13.4. The molecule has 0 aliphatic carbocycles. The number of hydrogen-bond acceptors (Lipinski definition) is 3. The molecular formula is C19H17N3O. The smallest absolute Gasteiger partial charge is 0.269 e. The van der Waals surface area contributed by atoms with Crippen LogP contribution in [0.2, 0.25) is 0 Å². The Morgan fingerprint density at radius 2 is 1.91 bits per heavy atom. The average Bonchev–Trinajstić information content (AvgIpc) is 2.54. The van der Waals surface area contributed by atoms with Crippen LogP contribution in [-0.2, 0) is 4.74 Å². The minimum atomic E-state index is 0.0638. The summed E-state index contributed by atoms with van der Waals surface area (Å²) in [4.78, 5) is 5.28. The number of ether oxygens (including phenoxy) is 1. The zero-order chi connectivity index (χ0) is 16.8. The number of nitriles is 1. The summed E-state index contributed by atoms with van der Waals surface area (Å²) in [7, 11) is 4.00. The fourth-order valence-corrected chi connectivity index (χ4v) is 2.09. The van der Waals surface area contributed by atoms with E-state index < -0.39 is 0 Å². The van der Waals surface area contributed by atoms with E-state index in [1.54, 1.807) is 19.1 Å². The fourth-order valence-electron chi connectivity index (χ4n) is 2.09. The summed E-state index contributed by atoms with van der Waals surface area (Å²) < 4.78 is 5.62. The van der Waals surface area contributed by atoms with Gasteiger partial charge in [-0.05, 0) is 48.4 Å². The van der Waals surface area contributed by atoms with Crippen LogP contribution in [0.4, 0.5) is 5.69 Å². The number of anilines is 1. The molecule has 4 heteroatoms. The highest BCUT2D eigenvalue weighted by molar-refractivity contribution is 5.58. The summed E-state index contributed by atoms with van der Waals surface area (Å²) in [6.45, 7) is 8.84. The van der Waals surface area contributed by atoms with Crippen LogP contribution in [0.25, 0.3) is 10.9 Å². The van der Waals surface area contributed by atoms with E-state index in [0.717, 1.165) is 11.3 Å². The van der Waals surface area contributed by atoms with E-state index in [-0.39, 0.29) is 5.70 Å². The van der Waals surface area contributed by atoms with Crippen LogP contribution in [0.5, 0.6) is 0 Å². The van der Waals surface area contributed by atoms with Gasteiger partial charge in [-0.2, -0.15) is 0 Å². The molecule has 0 amide bonds. The molecular weight excluding hydrogens is 286 g/mol. The summed E-state index contributed by atoms with van der Waals surface area (Å²) in [6, 6.07) is 10.0. The van der Waals surface area contributed by atoms with Crippen LogP contribution in [0, 0.1) is 17.9 Å². The van der Waals surface area contributed by atoms with E-state index in [1.807, 2.05) is 61.5 Å². The SMILES string of the molecule is [C-]#[N+]/C(C#N)=C1\C=C(C)OC(/C=C/c2ccc(N(C)C)cc2)=C1. The predicted molar refractivity (Wildman–Crippen MR) is 92.0 cm³/mol. The van der Waals surface area contributed by atoms with Gasteiger partial charge in [0.1, 0.15) is 11.5 Å². The lowest BCUT2D eigenvalue weighted by Gasteiger charge is -2.13. The summed E-state index contributed by atoms with van der Waals surface area (Å²) in [5.74, 6) is 1.26. The molecule has 0 saturated carbocycles. The average molecular weight is 303 g/mol. The highest BCUT2D eigenvalue weighted by atomic mass is 16.5. The Kier molecular flexibility index (Phi) is 5.02. The van der Waals surface area contributed by atoms with Crippen LogP contribution < -0.4 is 4.90 Å². The molecule has 4 nitrogen and oxygen atoms in total. The lowest BCUT2D eigenvalue weighted by atomic mass is 10.1. The van der Waals surface area contributed by atoms with E-state index in [2.05, 4.69) is 4.85 Å². The number of hydrogen-bond donors (Lipinski definition) is 0. The maximum atomic E-state index is 8.99. The van der Waals surface area contributed by atoms with E-state index in [0.29, 0.717) is 17.1 Å². The van der Waals surface area contributed by atoms with E-state index in [9.17, 15) is 0 Å². The second kappa shape index (κ2) is 7.15. The Bertz CT molecular complexity index is 779. The standard InChI is InChI=1S/C19H17N3O/c1-14-11-16(19(13-20)21-2)12-18(23-14)10-7-15-5-8-17(9-6-15)22(3)4/h5-12H,1,3-4H3/b10-7+,19-16+. The van der Waals surface area contributed by atoms with Crippen molar-refractivity contribution in [2.75, 3.05) is 19.0 Å². The number of benzene rings is 1. The fraction of sp³-hybridized carbons (Fsp3) is 0.158. The van der Waals surface area contributed by atoms with Gasteiger partial charge in [0.2, 0.25) is 0 Å². The van der Waals surface area contributed by atoms with Gasteiger partial charge < -0.3 is 9.64 Å². The predicted octanol–water partition coefficient (Wildman–Crippen LogP) is 4.28. The quantitative estimate of drug-likeness (QED) is 0.618. The minimum absolute atomic E-state index is 0.0638. The topological polar surface area (TPSA) is 40.6 Å². The molecule has 0 saturated heterocycles. The van der Waals surface area contributed by atoms with Gasteiger partial charge in [-0.1, -0.05) is 18.2 Å². The van der Waals surface area contributed by atoms with Gasteiger partial charge >= 0.3 is 0 Å².